The minimum absolute atomic E-state index is 0.636. The minimum Gasteiger partial charge on any atom is -0.377 e. The van der Waals surface area contributed by atoms with Gasteiger partial charge in [0.25, 0.3) is 0 Å². The molecule has 0 aliphatic carbocycles. The molecule has 0 spiro atoms. The lowest BCUT2D eigenvalue weighted by atomic mass is 10.2. The monoisotopic (exact) mass is 559 g/mol. The fraction of sp³-hybridized carbons (Fsp3) is 0.692. The van der Waals surface area contributed by atoms with Crippen molar-refractivity contribution in [3.05, 3.63) is 42.0 Å². The third-order valence-electron chi connectivity index (χ3n) is 5.59. The second-order valence-corrected chi connectivity index (χ2v) is 14.0. The van der Waals surface area contributed by atoms with Gasteiger partial charge < -0.3 is 38.0 Å². The van der Waals surface area contributed by atoms with Gasteiger partial charge in [0.2, 0.25) is 0 Å². The summed E-state index contributed by atoms with van der Waals surface area (Å²) in [7, 11) is 0.0932. The molecule has 0 aliphatic rings. The molecule has 0 amide bonds. The van der Waals surface area contributed by atoms with Crippen molar-refractivity contribution in [2.45, 2.75) is 45.7 Å². The molecular formula is C26H53N3O6Si2. The molecule has 216 valence electrons. The van der Waals surface area contributed by atoms with Crippen molar-refractivity contribution in [2.75, 3.05) is 73.9 Å². The second kappa shape index (κ2) is 23.0. The van der Waals surface area contributed by atoms with E-state index < -0.39 is 17.6 Å². The molecule has 0 saturated carbocycles. The Kier molecular flexibility index (Phi) is 22.4. The summed E-state index contributed by atoms with van der Waals surface area (Å²) in [5.41, 5.74) is 12.4. The molecule has 1 aromatic rings. The van der Waals surface area contributed by atoms with E-state index in [0.29, 0.717) is 32.9 Å². The molecule has 0 fully saturated rings. The lowest BCUT2D eigenvalue weighted by Gasteiger charge is -2.28. The van der Waals surface area contributed by atoms with Gasteiger partial charge >= 0.3 is 17.6 Å². The number of rotatable bonds is 21. The van der Waals surface area contributed by atoms with Crippen molar-refractivity contribution in [3.63, 3.8) is 0 Å². The Balaban J connectivity index is 0.000000795. The average molecular weight is 560 g/mol. The van der Waals surface area contributed by atoms with Crippen molar-refractivity contribution in [1.29, 1.82) is 0 Å². The van der Waals surface area contributed by atoms with Gasteiger partial charge in [-0.15, -0.1) is 0 Å². The molecule has 0 bridgehead atoms. The van der Waals surface area contributed by atoms with E-state index in [0.717, 1.165) is 44.6 Å². The van der Waals surface area contributed by atoms with E-state index in [1.807, 2.05) is 39.0 Å². The first-order valence-electron chi connectivity index (χ1n) is 13.4. The van der Waals surface area contributed by atoms with Crippen LogP contribution in [0.25, 0.3) is 6.08 Å². The maximum Gasteiger partial charge on any atom is 0.500 e. The zero-order valence-corrected chi connectivity index (χ0v) is 26.1. The smallest absolute Gasteiger partial charge is 0.377 e. The fourth-order valence-electron chi connectivity index (χ4n) is 3.77. The van der Waals surface area contributed by atoms with E-state index in [2.05, 4.69) is 29.2 Å². The van der Waals surface area contributed by atoms with Crippen molar-refractivity contribution in [2.24, 2.45) is 11.5 Å². The van der Waals surface area contributed by atoms with Gasteiger partial charge in [-0.25, -0.2) is 0 Å². The highest BCUT2D eigenvalue weighted by Crippen LogP contribution is 2.17. The largest absolute Gasteiger partial charge is 0.500 e. The van der Waals surface area contributed by atoms with Gasteiger partial charge in [-0.3, -0.25) is 4.90 Å². The SMILES string of the molecule is CCO[Si](CCCN)(OCC)OCC.CO[Si](CCCN(CC=Cc1ccccc1)CCN)(OC)OC. The zero-order chi connectivity index (χ0) is 27.8. The van der Waals surface area contributed by atoms with Crippen molar-refractivity contribution < 1.29 is 26.6 Å². The van der Waals surface area contributed by atoms with Crippen LogP contribution in [0.2, 0.25) is 12.1 Å². The Morgan fingerprint density at radius 3 is 1.73 bits per heavy atom. The van der Waals surface area contributed by atoms with Gasteiger partial charge in [0.15, 0.2) is 0 Å². The lowest BCUT2D eigenvalue weighted by molar-refractivity contribution is 0.0710. The Morgan fingerprint density at radius 1 is 0.730 bits per heavy atom. The summed E-state index contributed by atoms with van der Waals surface area (Å²) < 4.78 is 33.3. The molecule has 0 unspecified atom stereocenters. The highest BCUT2D eigenvalue weighted by atomic mass is 28.4. The van der Waals surface area contributed by atoms with Crippen molar-refractivity contribution >= 4 is 23.7 Å². The van der Waals surface area contributed by atoms with Crippen LogP contribution in [0.4, 0.5) is 0 Å². The fourth-order valence-corrected chi connectivity index (χ4v) is 8.12. The second-order valence-electron chi connectivity index (χ2n) is 8.18. The molecule has 0 aliphatic heterocycles. The van der Waals surface area contributed by atoms with Crippen LogP contribution in [0, 0.1) is 0 Å². The molecule has 0 atom stereocenters. The lowest BCUT2D eigenvalue weighted by Crippen LogP contribution is -2.46. The molecule has 0 aromatic heterocycles. The normalized spacial score (nSPS) is 12.2. The summed E-state index contributed by atoms with van der Waals surface area (Å²) in [6, 6.07) is 11.9. The molecule has 37 heavy (non-hydrogen) atoms. The van der Waals surface area contributed by atoms with Crippen LogP contribution < -0.4 is 11.5 Å². The van der Waals surface area contributed by atoms with Gasteiger partial charge in [-0.05, 0) is 52.3 Å². The maximum absolute atomic E-state index is 5.72. The van der Waals surface area contributed by atoms with Crippen molar-refractivity contribution in [1.82, 2.24) is 4.90 Å². The predicted molar refractivity (Wildman–Crippen MR) is 156 cm³/mol. The highest BCUT2D eigenvalue weighted by molar-refractivity contribution is 6.61. The quantitative estimate of drug-likeness (QED) is 0.218. The Morgan fingerprint density at radius 2 is 1.27 bits per heavy atom. The van der Waals surface area contributed by atoms with E-state index in [4.69, 9.17) is 38.0 Å². The summed E-state index contributed by atoms with van der Waals surface area (Å²) in [6.45, 7) is 11.8. The first kappa shape index (κ1) is 36.0. The summed E-state index contributed by atoms with van der Waals surface area (Å²) in [5.74, 6) is 0. The van der Waals surface area contributed by atoms with Crippen molar-refractivity contribution in [3.8, 4) is 0 Å². The van der Waals surface area contributed by atoms with E-state index in [9.17, 15) is 0 Å². The molecule has 1 rings (SSSR count). The standard InChI is InChI=1S/C17H30N2O3Si.C9H23NO3Si/c1-20-23(21-2,22-3)16-8-14-19(15-12-18)13-7-11-17-9-5-4-6-10-17;1-4-11-14(12-5-2,13-6-3)9-7-8-10/h4-7,9-11H,8,12-16,18H2,1-3H3;4-10H2,1-3H3. The van der Waals surface area contributed by atoms with Crippen LogP contribution in [-0.4, -0.2) is 96.4 Å². The summed E-state index contributed by atoms with van der Waals surface area (Å²) >= 11 is 0. The first-order chi connectivity index (χ1) is 17.9. The number of nitrogens with zero attached hydrogens (tertiary/aromatic N) is 1. The summed E-state index contributed by atoms with van der Waals surface area (Å²) in [5, 5.41) is 0. The van der Waals surface area contributed by atoms with Crippen LogP contribution in [0.3, 0.4) is 0 Å². The molecule has 11 heteroatoms. The maximum atomic E-state index is 5.72. The van der Waals surface area contributed by atoms with Crippen LogP contribution in [-0.2, 0) is 26.6 Å². The Hall–Kier alpha value is -0.966. The molecule has 4 N–H and O–H groups in total. The molecule has 0 saturated heterocycles. The topological polar surface area (TPSA) is 111 Å². The summed E-state index contributed by atoms with van der Waals surface area (Å²) in [6.07, 6.45) is 6.17. The number of hydrogen-bond donors (Lipinski definition) is 2. The Labute approximate surface area is 228 Å². The van der Waals surface area contributed by atoms with Gasteiger partial charge in [-0.1, -0.05) is 42.5 Å². The van der Waals surface area contributed by atoms with Gasteiger partial charge in [0, 0.05) is 72.9 Å². The zero-order valence-electron chi connectivity index (χ0n) is 24.1. The Bertz CT molecular complexity index is 644. The van der Waals surface area contributed by atoms with Crippen LogP contribution in [0.15, 0.2) is 36.4 Å². The first-order valence-corrected chi connectivity index (χ1v) is 17.2. The molecule has 1 aromatic carbocycles. The molecule has 9 nitrogen and oxygen atoms in total. The predicted octanol–water partition coefficient (Wildman–Crippen LogP) is 3.61. The number of hydrogen-bond acceptors (Lipinski definition) is 9. The third kappa shape index (κ3) is 15.9. The van der Waals surface area contributed by atoms with Crippen LogP contribution in [0.5, 0.6) is 0 Å². The highest BCUT2D eigenvalue weighted by Gasteiger charge is 2.39. The van der Waals surface area contributed by atoms with E-state index in [1.165, 1.54) is 5.56 Å². The third-order valence-corrected chi connectivity index (χ3v) is 11.6. The number of benzene rings is 1. The number of nitrogens with two attached hydrogens (primary N) is 2. The summed E-state index contributed by atoms with van der Waals surface area (Å²) in [4.78, 5) is 2.33. The van der Waals surface area contributed by atoms with Gasteiger partial charge in [0.05, 0.1) is 0 Å². The van der Waals surface area contributed by atoms with Crippen LogP contribution >= 0.6 is 0 Å². The minimum atomic E-state index is -2.47. The van der Waals surface area contributed by atoms with E-state index in [1.54, 1.807) is 21.3 Å². The van der Waals surface area contributed by atoms with Gasteiger partial charge in [0.1, 0.15) is 0 Å². The molecule has 0 heterocycles. The van der Waals surface area contributed by atoms with Gasteiger partial charge in [-0.2, -0.15) is 0 Å². The van der Waals surface area contributed by atoms with Crippen LogP contribution in [0.1, 0.15) is 39.2 Å². The molecular weight excluding hydrogens is 506 g/mol. The van der Waals surface area contributed by atoms with E-state index >= 15 is 0 Å². The average Bonchev–Trinajstić information content (AvgIpc) is 2.92. The van der Waals surface area contributed by atoms with E-state index in [-0.39, 0.29) is 0 Å². The molecule has 0 radical (unpaired) electrons.